The number of amides is 1. The summed E-state index contributed by atoms with van der Waals surface area (Å²) < 4.78 is 39.5. The maximum atomic E-state index is 11.8. The number of nitrogens with zero attached hydrogens (tertiary/aromatic N) is 1. The lowest BCUT2D eigenvalue weighted by molar-refractivity contribution is -0.162. The van der Waals surface area contributed by atoms with Crippen LogP contribution in [-0.2, 0) is 4.74 Å². The first kappa shape index (κ1) is 14.1. The fraction of sp³-hybridized carbons (Fsp3) is 0.889. The van der Waals surface area contributed by atoms with Crippen molar-refractivity contribution in [1.82, 2.24) is 4.90 Å². The summed E-state index contributed by atoms with van der Waals surface area (Å²) in [5, 5.41) is 0. The van der Waals surface area contributed by atoms with E-state index >= 15 is 0 Å². The molecule has 1 amide bonds. The number of carbonyl (C=O) groups is 1. The van der Waals surface area contributed by atoms with Crippen molar-refractivity contribution in [3.63, 3.8) is 0 Å². The molecular weight excluding hydrogens is 211 g/mol. The van der Waals surface area contributed by atoms with E-state index in [4.69, 9.17) is 0 Å². The first-order chi connectivity index (χ1) is 6.78. The average molecular weight is 227 g/mol. The van der Waals surface area contributed by atoms with Crippen LogP contribution >= 0.6 is 0 Å². The third-order valence-electron chi connectivity index (χ3n) is 1.68. The first-order valence-corrected chi connectivity index (χ1v) is 4.78. The molecule has 0 aromatic rings. The van der Waals surface area contributed by atoms with Gasteiger partial charge in [-0.2, -0.15) is 13.2 Å². The molecule has 0 unspecified atom stereocenters. The van der Waals surface area contributed by atoms with E-state index in [1.54, 1.807) is 13.8 Å². The first-order valence-electron chi connectivity index (χ1n) is 4.78. The lowest BCUT2D eigenvalue weighted by Gasteiger charge is -2.25. The lowest BCUT2D eigenvalue weighted by atomic mass is 10.3. The molecule has 0 saturated carbocycles. The Morgan fingerprint density at radius 3 is 2.27 bits per heavy atom. The van der Waals surface area contributed by atoms with Crippen molar-refractivity contribution in [1.29, 1.82) is 0 Å². The normalized spacial score (nSPS) is 11.7. The van der Waals surface area contributed by atoms with Crippen LogP contribution in [0.2, 0.25) is 0 Å². The Kier molecular flexibility index (Phi) is 5.46. The summed E-state index contributed by atoms with van der Waals surface area (Å²) in [4.78, 5) is 12.5. The second-order valence-corrected chi connectivity index (χ2v) is 3.46. The minimum atomic E-state index is -4.47. The van der Waals surface area contributed by atoms with E-state index in [-0.39, 0.29) is 6.04 Å². The zero-order valence-corrected chi connectivity index (χ0v) is 9.10. The topological polar surface area (TPSA) is 29.5 Å². The van der Waals surface area contributed by atoms with Crippen LogP contribution in [0.5, 0.6) is 0 Å². The lowest BCUT2D eigenvalue weighted by Crippen LogP contribution is -2.39. The molecule has 0 atom stereocenters. The van der Waals surface area contributed by atoms with Gasteiger partial charge in [0.1, 0.15) is 0 Å². The van der Waals surface area contributed by atoms with E-state index in [0.29, 0.717) is 13.0 Å². The predicted octanol–water partition coefficient (Wildman–Crippen LogP) is 2.81. The molecule has 0 N–H and O–H groups in total. The van der Waals surface area contributed by atoms with Crippen LogP contribution in [0.15, 0.2) is 0 Å². The molecule has 15 heavy (non-hydrogen) atoms. The molecule has 0 aliphatic rings. The highest BCUT2D eigenvalue weighted by atomic mass is 19.4. The van der Waals surface area contributed by atoms with Gasteiger partial charge in [-0.25, -0.2) is 4.79 Å². The van der Waals surface area contributed by atoms with Crippen LogP contribution in [0.3, 0.4) is 0 Å². The van der Waals surface area contributed by atoms with Crippen molar-refractivity contribution in [3.8, 4) is 0 Å². The highest BCUT2D eigenvalue weighted by molar-refractivity contribution is 5.67. The van der Waals surface area contributed by atoms with Gasteiger partial charge < -0.3 is 9.64 Å². The van der Waals surface area contributed by atoms with E-state index < -0.39 is 18.9 Å². The van der Waals surface area contributed by atoms with Crippen LogP contribution in [0.25, 0.3) is 0 Å². The average Bonchev–Trinajstić information content (AvgIpc) is 2.08. The molecule has 90 valence electrons. The van der Waals surface area contributed by atoms with Crippen LogP contribution in [0, 0.1) is 0 Å². The SMILES string of the molecule is CCCN(C(=O)OCC(F)(F)F)C(C)C. The van der Waals surface area contributed by atoms with Gasteiger partial charge in [0.05, 0.1) is 0 Å². The minimum Gasteiger partial charge on any atom is -0.440 e. The summed E-state index contributed by atoms with van der Waals surface area (Å²) in [7, 11) is 0. The number of carbonyl (C=O) groups excluding carboxylic acids is 1. The van der Waals surface area contributed by atoms with Crippen molar-refractivity contribution in [3.05, 3.63) is 0 Å². The van der Waals surface area contributed by atoms with E-state index in [1.165, 1.54) is 4.90 Å². The molecule has 0 aliphatic heterocycles. The summed E-state index contributed by atoms with van der Waals surface area (Å²) >= 11 is 0. The number of halogens is 3. The Labute approximate surface area is 87.2 Å². The zero-order valence-electron chi connectivity index (χ0n) is 9.10. The van der Waals surface area contributed by atoms with Gasteiger partial charge in [-0.05, 0) is 20.3 Å². The number of rotatable bonds is 4. The van der Waals surface area contributed by atoms with Crippen molar-refractivity contribution in [2.24, 2.45) is 0 Å². The zero-order chi connectivity index (χ0) is 12.1. The quantitative estimate of drug-likeness (QED) is 0.739. The minimum absolute atomic E-state index is 0.161. The molecule has 0 rings (SSSR count). The van der Waals surface area contributed by atoms with Gasteiger partial charge in [0.2, 0.25) is 0 Å². The molecule has 0 fully saturated rings. The Hall–Kier alpha value is -0.940. The fourth-order valence-electron chi connectivity index (χ4n) is 1.03. The fourth-order valence-corrected chi connectivity index (χ4v) is 1.03. The van der Waals surface area contributed by atoms with E-state index in [2.05, 4.69) is 4.74 Å². The monoisotopic (exact) mass is 227 g/mol. The largest absolute Gasteiger partial charge is 0.440 e. The summed E-state index contributed by atoms with van der Waals surface area (Å²) in [6, 6.07) is -0.161. The third kappa shape index (κ3) is 6.19. The van der Waals surface area contributed by atoms with Crippen molar-refractivity contribution in [2.45, 2.75) is 39.4 Å². The molecule has 0 aromatic carbocycles. The second-order valence-electron chi connectivity index (χ2n) is 3.46. The summed E-state index contributed by atoms with van der Waals surface area (Å²) in [5.41, 5.74) is 0. The van der Waals surface area contributed by atoms with Crippen molar-refractivity contribution in [2.75, 3.05) is 13.2 Å². The molecule has 0 aliphatic carbocycles. The van der Waals surface area contributed by atoms with E-state index in [9.17, 15) is 18.0 Å². The highest BCUT2D eigenvalue weighted by Gasteiger charge is 2.31. The van der Waals surface area contributed by atoms with Crippen molar-refractivity contribution >= 4 is 6.09 Å². The molecular formula is C9H16F3NO2. The van der Waals surface area contributed by atoms with Crippen LogP contribution < -0.4 is 0 Å². The molecule has 0 radical (unpaired) electrons. The Morgan fingerprint density at radius 2 is 1.93 bits per heavy atom. The second kappa shape index (κ2) is 5.82. The van der Waals surface area contributed by atoms with Gasteiger partial charge in [0.25, 0.3) is 0 Å². The van der Waals surface area contributed by atoms with Crippen molar-refractivity contribution < 1.29 is 22.7 Å². The van der Waals surface area contributed by atoms with Gasteiger partial charge in [0, 0.05) is 12.6 Å². The van der Waals surface area contributed by atoms with E-state index in [0.717, 1.165) is 0 Å². The number of ether oxygens (including phenoxy) is 1. The Balaban J connectivity index is 4.15. The van der Waals surface area contributed by atoms with Gasteiger partial charge >= 0.3 is 12.3 Å². The number of alkyl halides is 3. The van der Waals surface area contributed by atoms with Crippen LogP contribution in [0.1, 0.15) is 27.2 Å². The Bertz CT molecular complexity index is 204. The molecule has 0 saturated heterocycles. The number of hydrogen-bond acceptors (Lipinski definition) is 2. The standard InChI is InChI=1S/C9H16F3NO2/c1-4-5-13(7(2)3)8(14)15-6-9(10,11)12/h7H,4-6H2,1-3H3. The Morgan fingerprint density at radius 1 is 1.40 bits per heavy atom. The van der Waals surface area contributed by atoms with Gasteiger partial charge in [-0.15, -0.1) is 0 Å². The third-order valence-corrected chi connectivity index (χ3v) is 1.68. The smallest absolute Gasteiger partial charge is 0.422 e. The van der Waals surface area contributed by atoms with Crippen LogP contribution in [-0.4, -0.2) is 36.4 Å². The molecule has 0 heterocycles. The summed E-state index contributed by atoms with van der Waals surface area (Å²) in [6.07, 6.45) is -4.70. The van der Waals surface area contributed by atoms with Gasteiger partial charge in [-0.1, -0.05) is 6.92 Å². The summed E-state index contributed by atoms with van der Waals surface area (Å²) in [5.74, 6) is 0. The van der Waals surface area contributed by atoms with Gasteiger partial charge in [0.15, 0.2) is 6.61 Å². The predicted molar refractivity (Wildman–Crippen MR) is 49.5 cm³/mol. The molecule has 0 aromatic heterocycles. The molecule has 3 nitrogen and oxygen atoms in total. The maximum absolute atomic E-state index is 11.8. The maximum Gasteiger partial charge on any atom is 0.422 e. The summed E-state index contributed by atoms with van der Waals surface area (Å²) in [6.45, 7) is 4.16. The number of hydrogen-bond donors (Lipinski definition) is 0. The van der Waals surface area contributed by atoms with Crippen LogP contribution in [0.4, 0.5) is 18.0 Å². The highest BCUT2D eigenvalue weighted by Crippen LogP contribution is 2.15. The molecule has 0 bridgehead atoms. The molecule has 6 heteroatoms. The van der Waals surface area contributed by atoms with E-state index in [1.807, 2.05) is 6.92 Å². The molecule has 0 spiro atoms. The van der Waals surface area contributed by atoms with Gasteiger partial charge in [-0.3, -0.25) is 0 Å².